The molecule has 0 radical (unpaired) electrons. The molecule has 0 aromatic heterocycles. The van der Waals surface area contributed by atoms with Gasteiger partial charge in [0.15, 0.2) is 8.32 Å². The zero-order valence-corrected chi connectivity index (χ0v) is 34.1. The lowest BCUT2D eigenvalue weighted by Crippen LogP contribution is -2.66. The summed E-state index contributed by atoms with van der Waals surface area (Å²) in [7, 11) is -2.16. The molecule has 5 aromatic rings. The number of hydrogen-bond acceptors (Lipinski definition) is 7. The third-order valence-corrected chi connectivity index (χ3v) is 15.2. The van der Waals surface area contributed by atoms with Crippen LogP contribution in [0.4, 0.5) is 4.39 Å². The summed E-state index contributed by atoms with van der Waals surface area (Å²) in [4.78, 5) is 0. The summed E-state index contributed by atoms with van der Waals surface area (Å²) < 4.78 is 56.2. The lowest BCUT2D eigenvalue weighted by Gasteiger charge is -2.50. The van der Waals surface area contributed by atoms with Gasteiger partial charge < -0.3 is 33.2 Å². The van der Waals surface area contributed by atoms with Crippen molar-refractivity contribution in [2.24, 2.45) is 0 Å². The summed E-state index contributed by atoms with van der Waals surface area (Å²) in [6.45, 7) is 11.9. The largest absolute Gasteiger partial charge is 0.413 e. The quantitative estimate of drug-likeness (QED) is 0.0943. The molecule has 7 nitrogen and oxygen atoms in total. The first kappa shape index (κ1) is 41.6. The molecule has 5 aromatic carbocycles. The highest BCUT2D eigenvalue weighted by Crippen LogP contribution is 2.43. The Morgan fingerprint density at radius 1 is 0.607 bits per heavy atom. The van der Waals surface area contributed by atoms with Gasteiger partial charge in [0.05, 0.1) is 39.6 Å². The second kappa shape index (κ2) is 18.9. The van der Waals surface area contributed by atoms with Crippen LogP contribution >= 0.6 is 0 Å². The summed E-state index contributed by atoms with van der Waals surface area (Å²) in [6, 6.07) is 43.7. The Hall–Kier alpha value is -4.03. The average Bonchev–Trinajstić information content (AvgIpc) is 3.20. The third kappa shape index (κ3) is 10.7. The molecule has 0 amide bonds. The summed E-state index contributed by atoms with van der Waals surface area (Å²) in [5.41, 5.74) is 4.33. The minimum Gasteiger partial charge on any atom is -0.413 e. The maximum atomic E-state index is 16.4. The van der Waals surface area contributed by atoms with E-state index in [4.69, 9.17) is 28.1 Å². The van der Waals surface area contributed by atoms with E-state index in [1.807, 2.05) is 121 Å². The first-order valence-electron chi connectivity index (χ1n) is 19.3. The second-order valence-electron chi connectivity index (χ2n) is 16.0. The van der Waals surface area contributed by atoms with Gasteiger partial charge in [-0.15, -0.1) is 0 Å². The van der Waals surface area contributed by atoms with Crippen LogP contribution in [0.5, 0.6) is 0 Å². The normalized spacial score (nSPS) is 21.6. The molecular weight excluding hydrogens is 724 g/mol. The number of rotatable bonds is 17. The molecule has 1 N–H and O–H groups in total. The van der Waals surface area contributed by atoms with Gasteiger partial charge in [0.25, 0.3) is 0 Å². The van der Waals surface area contributed by atoms with Crippen molar-refractivity contribution in [2.45, 2.75) is 102 Å². The van der Waals surface area contributed by atoms with Crippen LogP contribution in [0.25, 0.3) is 0 Å². The van der Waals surface area contributed by atoms with Crippen LogP contribution in [0.2, 0.25) is 18.1 Å². The van der Waals surface area contributed by atoms with Gasteiger partial charge in [-0.2, -0.15) is 0 Å². The summed E-state index contributed by atoms with van der Waals surface area (Å²) in [6.07, 6.45) is -3.90. The fourth-order valence-corrected chi connectivity index (χ4v) is 7.45. The minimum absolute atomic E-state index is 0.0169. The van der Waals surface area contributed by atoms with E-state index in [0.29, 0.717) is 12.2 Å². The van der Waals surface area contributed by atoms with Gasteiger partial charge in [-0.3, -0.25) is 0 Å². The number of ether oxygens (including phenoxy) is 5. The number of halogens is 1. The fourth-order valence-electron chi connectivity index (χ4n) is 6.49. The Morgan fingerprint density at radius 3 is 1.57 bits per heavy atom. The molecule has 0 aliphatic carbocycles. The van der Waals surface area contributed by atoms with Crippen molar-refractivity contribution in [1.82, 2.24) is 0 Å². The Labute approximate surface area is 332 Å². The topological polar surface area (TPSA) is 75.6 Å². The summed E-state index contributed by atoms with van der Waals surface area (Å²) in [5.74, 6) is -2.98. The molecule has 1 fully saturated rings. The van der Waals surface area contributed by atoms with E-state index in [0.717, 1.165) is 22.3 Å². The van der Waals surface area contributed by atoms with E-state index in [1.54, 1.807) is 12.1 Å². The molecular formula is C47H55FO7Si. The van der Waals surface area contributed by atoms with Crippen LogP contribution in [-0.4, -0.2) is 44.4 Å². The Bertz CT molecular complexity index is 1920. The summed E-state index contributed by atoms with van der Waals surface area (Å²) >= 11 is 0. The van der Waals surface area contributed by atoms with Gasteiger partial charge in [-0.05, 0) is 58.1 Å². The van der Waals surface area contributed by atoms with Gasteiger partial charge >= 0.3 is 0 Å². The van der Waals surface area contributed by atoms with Crippen molar-refractivity contribution in [3.63, 3.8) is 0 Å². The number of hydrogen-bond donors (Lipinski definition) is 1. The molecule has 1 unspecified atom stereocenters. The lowest BCUT2D eigenvalue weighted by molar-refractivity contribution is -0.379. The lowest BCUT2D eigenvalue weighted by atomic mass is 9.86. The van der Waals surface area contributed by atoms with Crippen LogP contribution in [0, 0.1) is 5.82 Å². The van der Waals surface area contributed by atoms with E-state index in [2.05, 4.69) is 33.9 Å². The van der Waals surface area contributed by atoms with Crippen LogP contribution in [0.3, 0.4) is 0 Å². The SMILES string of the molecule is CC(C)(C)[Si](C)(C)OCc1ccc(F)c(C2(O)O[C@H](COCc3ccccc3)[C@@H](OCc3ccccc3)[C@H](OCc3ccccc3)[C@H]2OCc2ccccc2)c1. The molecule has 1 heterocycles. The number of aliphatic hydroxyl groups is 1. The van der Waals surface area contributed by atoms with E-state index < -0.39 is 44.3 Å². The van der Waals surface area contributed by atoms with Crippen molar-refractivity contribution in [2.75, 3.05) is 6.61 Å². The monoisotopic (exact) mass is 778 g/mol. The molecule has 1 saturated heterocycles. The molecule has 296 valence electrons. The van der Waals surface area contributed by atoms with Crippen LogP contribution in [0.1, 0.15) is 54.2 Å². The smallest absolute Gasteiger partial charge is 0.225 e. The van der Waals surface area contributed by atoms with Gasteiger partial charge in [0.1, 0.15) is 30.2 Å². The van der Waals surface area contributed by atoms with E-state index in [1.165, 1.54) is 6.07 Å². The van der Waals surface area contributed by atoms with Crippen molar-refractivity contribution in [3.05, 3.63) is 179 Å². The van der Waals surface area contributed by atoms with Crippen LogP contribution in [0.15, 0.2) is 140 Å². The zero-order chi connectivity index (χ0) is 39.6. The van der Waals surface area contributed by atoms with Gasteiger partial charge in [0.2, 0.25) is 5.79 Å². The first-order chi connectivity index (χ1) is 26.9. The fraction of sp³-hybridized carbons (Fsp3) is 0.362. The Kier molecular flexibility index (Phi) is 14.1. The van der Waals surface area contributed by atoms with Crippen molar-refractivity contribution < 1.29 is 37.6 Å². The standard InChI is InChI=1S/C47H55FO7Si/c1-46(2,3)56(4,5)54-33-39-26-27-41(48)40(28-39)47(49)45(53-32-38-24-16-9-17-25-38)44(52-31-37-22-14-8-15-23-37)43(51-30-36-20-12-7-13-21-36)42(55-47)34-50-29-35-18-10-6-11-19-35/h6-28,42-45,49H,29-34H2,1-5H3/t42-,43-,44+,45-,47?/m1/s1. The molecule has 0 bridgehead atoms. The van der Waals surface area contributed by atoms with Gasteiger partial charge in [0, 0.05) is 5.56 Å². The highest BCUT2D eigenvalue weighted by molar-refractivity contribution is 6.74. The molecule has 6 rings (SSSR count). The predicted octanol–water partition coefficient (Wildman–Crippen LogP) is 9.86. The van der Waals surface area contributed by atoms with Crippen LogP contribution < -0.4 is 0 Å². The van der Waals surface area contributed by atoms with E-state index in [-0.39, 0.29) is 43.6 Å². The molecule has 5 atom stereocenters. The van der Waals surface area contributed by atoms with Crippen molar-refractivity contribution >= 4 is 8.32 Å². The Morgan fingerprint density at radius 2 is 1.07 bits per heavy atom. The minimum atomic E-state index is -2.33. The van der Waals surface area contributed by atoms with Crippen LogP contribution in [-0.2, 0) is 66.9 Å². The van der Waals surface area contributed by atoms with E-state index in [9.17, 15) is 5.11 Å². The first-order valence-corrected chi connectivity index (χ1v) is 22.2. The second-order valence-corrected chi connectivity index (χ2v) is 20.8. The highest BCUT2D eigenvalue weighted by Gasteiger charge is 2.58. The maximum absolute atomic E-state index is 16.4. The highest BCUT2D eigenvalue weighted by atomic mass is 28.4. The van der Waals surface area contributed by atoms with Crippen molar-refractivity contribution in [1.29, 1.82) is 0 Å². The zero-order valence-electron chi connectivity index (χ0n) is 33.1. The molecule has 9 heteroatoms. The van der Waals surface area contributed by atoms with E-state index >= 15 is 4.39 Å². The summed E-state index contributed by atoms with van der Waals surface area (Å²) in [5, 5.41) is 13.1. The molecule has 1 aliphatic rings. The molecule has 0 saturated carbocycles. The Balaban J connectivity index is 1.42. The van der Waals surface area contributed by atoms with Crippen molar-refractivity contribution in [3.8, 4) is 0 Å². The van der Waals surface area contributed by atoms with Gasteiger partial charge in [-0.1, -0.05) is 148 Å². The number of benzene rings is 5. The third-order valence-electron chi connectivity index (χ3n) is 10.8. The maximum Gasteiger partial charge on any atom is 0.225 e. The predicted molar refractivity (Wildman–Crippen MR) is 218 cm³/mol. The molecule has 1 aliphatic heterocycles. The van der Waals surface area contributed by atoms with Gasteiger partial charge in [-0.25, -0.2) is 4.39 Å². The molecule has 0 spiro atoms. The molecule has 56 heavy (non-hydrogen) atoms. The average molecular weight is 779 g/mol.